The first kappa shape index (κ1) is 36.2. The van der Waals surface area contributed by atoms with Crippen LogP contribution in [0.4, 0.5) is 0 Å². The van der Waals surface area contributed by atoms with E-state index < -0.39 is 82.9 Å². The number of aliphatic hydroxyl groups excluding tert-OH is 6. The van der Waals surface area contributed by atoms with Gasteiger partial charge in [-0.15, -0.1) is 0 Å². The Hall–Kier alpha value is -2.13. The molecular formula is C35H52O12. The molecule has 264 valence electrons. The van der Waals surface area contributed by atoms with Crippen LogP contribution in [0, 0.1) is 29.6 Å². The fraction of sp³-hybridized carbons (Fsp3) is 0.743. The third kappa shape index (κ3) is 5.35. The number of hydrogen-bond acceptors (Lipinski definition) is 12. The molecule has 3 aliphatic carbocycles. The second-order valence-corrected chi connectivity index (χ2v) is 15.9. The van der Waals surface area contributed by atoms with Crippen molar-refractivity contribution in [2.75, 3.05) is 6.61 Å². The van der Waals surface area contributed by atoms with E-state index in [2.05, 4.69) is 0 Å². The van der Waals surface area contributed by atoms with Crippen LogP contribution in [0.3, 0.4) is 0 Å². The lowest BCUT2D eigenvalue weighted by molar-refractivity contribution is -0.277. The summed E-state index contributed by atoms with van der Waals surface area (Å²) in [6.07, 6.45) is -6.22. The Kier molecular flexibility index (Phi) is 9.03. The lowest BCUT2D eigenvalue weighted by Gasteiger charge is -2.62. The number of ketones is 1. The first-order valence-electron chi connectivity index (χ1n) is 16.4. The summed E-state index contributed by atoms with van der Waals surface area (Å²) < 4.78 is 11.4. The smallest absolute Gasteiger partial charge is 0.229 e. The zero-order valence-corrected chi connectivity index (χ0v) is 28.2. The SMILES string of the molecule is Cc1c(O)c(OC2OC(CO)C(O)C(O)C2O)cc2c1CC[C@@H]1[C@@]2(C)C(=O)C[C@]2(C)[C@@H]([C@@](C)(O)C(O)/C=C/C(C)(C)O)[C@H](O)C[C@@]12C. The lowest BCUT2D eigenvalue weighted by Crippen LogP contribution is -2.64. The van der Waals surface area contributed by atoms with E-state index in [0.29, 0.717) is 24.0 Å². The fourth-order valence-corrected chi connectivity index (χ4v) is 9.72. The third-order valence-electron chi connectivity index (χ3n) is 12.5. The van der Waals surface area contributed by atoms with Gasteiger partial charge in [0.1, 0.15) is 36.3 Å². The van der Waals surface area contributed by atoms with E-state index in [9.17, 15) is 50.8 Å². The predicted octanol–water partition coefficient (Wildman–Crippen LogP) is 0.505. The number of aliphatic hydroxyl groups is 8. The number of hydrogen-bond donors (Lipinski definition) is 9. The largest absolute Gasteiger partial charge is 0.504 e. The summed E-state index contributed by atoms with van der Waals surface area (Å²) in [4.78, 5) is 14.6. The van der Waals surface area contributed by atoms with E-state index in [1.165, 1.54) is 32.9 Å². The van der Waals surface area contributed by atoms with Crippen molar-refractivity contribution >= 4 is 5.78 Å². The summed E-state index contributed by atoms with van der Waals surface area (Å²) in [5.74, 6) is -1.68. The zero-order valence-electron chi connectivity index (χ0n) is 28.2. The van der Waals surface area contributed by atoms with Crippen molar-refractivity contribution in [3.8, 4) is 11.5 Å². The van der Waals surface area contributed by atoms with E-state index in [-0.39, 0.29) is 36.0 Å². The van der Waals surface area contributed by atoms with Gasteiger partial charge in [-0.2, -0.15) is 0 Å². The van der Waals surface area contributed by atoms with Crippen LogP contribution in [0.2, 0.25) is 0 Å². The van der Waals surface area contributed by atoms with Gasteiger partial charge in [-0.25, -0.2) is 0 Å². The van der Waals surface area contributed by atoms with Gasteiger partial charge in [-0.3, -0.25) is 4.79 Å². The minimum absolute atomic E-state index is 0.0153. The molecule has 0 radical (unpaired) electrons. The average molecular weight is 665 g/mol. The Balaban J connectivity index is 1.55. The second-order valence-electron chi connectivity index (χ2n) is 15.9. The number of aromatic hydroxyl groups is 1. The van der Waals surface area contributed by atoms with Crippen LogP contribution in [0.15, 0.2) is 18.2 Å². The maximum Gasteiger partial charge on any atom is 0.229 e. The van der Waals surface area contributed by atoms with Crippen molar-refractivity contribution < 1.29 is 60.2 Å². The van der Waals surface area contributed by atoms with E-state index in [4.69, 9.17) is 9.47 Å². The number of phenols is 1. The monoisotopic (exact) mass is 664 g/mol. The molecule has 1 heterocycles. The summed E-state index contributed by atoms with van der Waals surface area (Å²) in [6.45, 7) is 11.4. The van der Waals surface area contributed by atoms with E-state index in [0.717, 1.165) is 5.56 Å². The highest BCUT2D eigenvalue weighted by molar-refractivity contribution is 5.93. The maximum atomic E-state index is 14.6. The highest BCUT2D eigenvalue weighted by Crippen LogP contribution is 2.72. The van der Waals surface area contributed by atoms with E-state index >= 15 is 0 Å². The number of carbonyl (C=O) groups excluding carboxylic acids is 1. The molecular weight excluding hydrogens is 612 g/mol. The summed E-state index contributed by atoms with van der Waals surface area (Å²) in [5.41, 5.74) is -3.93. The van der Waals surface area contributed by atoms with Crippen LogP contribution >= 0.6 is 0 Å². The number of ether oxygens (including phenoxy) is 2. The molecule has 4 aliphatic rings. The molecule has 2 saturated carbocycles. The number of carbonyl (C=O) groups is 1. The molecule has 0 aromatic heterocycles. The molecule has 1 aromatic carbocycles. The number of phenolic OH excluding ortho intramolecular Hbond substituents is 1. The van der Waals surface area contributed by atoms with Crippen molar-refractivity contribution in [3.05, 3.63) is 34.9 Å². The first-order valence-corrected chi connectivity index (χ1v) is 16.4. The fourth-order valence-electron chi connectivity index (χ4n) is 9.72. The van der Waals surface area contributed by atoms with Crippen LogP contribution in [-0.4, -0.2) is 112 Å². The van der Waals surface area contributed by atoms with Gasteiger partial charge < -0.3 is 55.4 Å². The van der Waals surface area contributed by atoms with Gasteiger partial charge in [-0.05, 0) is 93.4 Å². The van der Waals surface area contributed by atoms with Crippen LogP contribution in [-0.2, 0) is 21.4 Å². The average Bonchev–Trinajstić information content (AvgIpc) is 3.19. The van der Waals surface area contributed by atoms with Crippen molar-refractivity contribution in [2.45, 2.75) is 134 Å². The molecule has 47 heavy (non-hydrogen) atoms. The molecule has 12 nitrogen and oxygen atoms in total. The number of benzene rings is 1. The molecule has 6 unspecified atom stereocenters. The molecule has 1 saturated heterocycles. The molecule has 13 atom stereocenters. The minimum Gasteiger partial charge on any atom is -0.504 e. The summed E-state index contributed by atoms with van der Waals surface area (Å²) in [7, 11) is 0. The number of rotatable bonds is 7. The van der Waals surface area contributed by atoms with Gasteiger partial charge in [-0.1, -0.05) is 26.0 Å². The van der Waals surface area contributed by atoms with Gasteiger partial charge in [0.2, 0.25) is 6.29 Å². The van der Waals surface area contributed by atoms with Crippen LogP contribution in [0.5, 0.6) is 11.5 Å². The van der Waals surface area contributed by atoms with Gasteiger partial charge in [0.25, 0.3) is 0 Å². The summed E-state index contributed by atoms with van der Waals surface area (Å²) >= 11 is 0. The Morgan fingerprint density at radius 3 is 2.30 bits per heavy atom. The molecule has 0 bridgehead atoms. The molecule has 0 amide bonds. The van der Waals surface area contributed by atoms with Gasteiger partial charge >= 0.3 is 0 Å². The van der Waals surface area contributed by atoms with Crippen LogP contribution in [0.1, 0.15) is 77.5 Å². The lowest BCUT2D eigenvalue weighted by atomic mass is 9.41. The van der Waals surface area contributed by atoms with Crippen molar-refractivity contribution in [3.63, 3.8) is 0 Å². The van der Waals surface area contributed by atoms with Gasteiger partial charge in [0.05, 0.1) is 29.3 Å². The quantitative estimate of drug-likeness (QED) is 0.182. The van der Waals surface area contributed by atoms with E-state index in [1.54, 1.807) is 13.0 Å². The molecule has 0 spiro atoms. The number of fused-ring (bicyclic) bond motifs is 5. The molecule has 12 heteroatoms. The summed E-state index contributed by atoms with van der Waals surface area (Å²) in [5, 5.41) is 96.6. The van der Waals surface area contributed by atoms with Crippen molar-refractivity contribution in [1.29, 1.82) is 0 Å². The van der Waals surface area contributed by atoms with Crippen LogP contribution < -0.4 is 4.74 Å². The second kappa shape index (κ2) is 11.7. The normalized spacial score (nSPS) is 42.4. The molecule has 9 N–H and O–H groups in total. The Labute approximate surface area is 275 Å². The first-order chi connectivity index (χ1) is 21.6. The Morgan fingerprint density at radius 1 is 1.06 bits per heavy atom. The molecule has 1 aliphatic heterocycles. The zero-order chi connectivity index (χ0) is 35.2. The van der Waals surface area contributed by atoms with Gasteiger partial charge in [0, 0.05) is 12.3 Å². The molecule has 3 fully saturated rings. The highest BCUT2D eigenvalue weighted by Gasteiger charge is 2.73. The topological polar surface area (TPSA) is 218 Å². The van der Waals surface area contributed by atoms with Crippen molar-refractivity contribution in [1.82, 2.24) is 0 Å². The Morgan fingerprint density at radius 2 is 1.70 bits per heavy atom. The van der Waals surface area contributed by atoms with Crippen molar-refractivity contribution in [2.24, 2.45) is 22.7 Å². The van der Waals surface area contributed by atoms with Gasteiger partial charge in [0.15, 0.2) is 11.5 Å². The maximum absolute atomic E-state index is 14.6. The molecule has 5 rings (SSSR count). The molecule has 1 aromatic rings. The van der Waals surface area contributed by atoms with Crippen LogP contribution in [0.25, 0.3) is 0 Å². The number of Topliss-reactive ketones (excluding diaryl/α,β-unsaturated/α-hetero) is 1. The Bertz CT molecular complexity index is 1420. The highest BCUT2D eigenvalue weighted by atomic mass is 16.7. The summed E-state index contributed by atoms with van der Waals surface area (Å²) in [6, 6.07) is 1.55. The minimum atomic E-state index is -1.84. The van der Waals surface area contributed by atoms with E-state index in [1.807, 2.05) is 20.8 Å². The standard InChI is InChI=1S/C35H52O12/c1-16-17-8-9-22-32(4)13-19(37)29(35(7,45)23(38)10-11-31(2,3)44)33(32,5)14-24(39)34(22,6)18(17)12-20(25(16)40)46-30-28(43)27(42)26(41)21(15-36)47-30/h10-12,19,21-23,26-30,36-38,40-45H,8-9,13-15H2,1-7H3/b11-10+/t19-,21?,22+,23?,26?,27?,28?,29+,30?,32+,33-,34+,35+/m1/s1. The third-order valence-corrected chi connectivity index (χ3v) is 12.5. The predicted molar refractivity (Wildman–Crippen MR) is 168 cm³/mol.